The quantitative estimate of drug-likeness (QED) is 0.575. The fraction of sp³-hybridized carbons (Fsp3) is 0.308. The molecule has 2 saturated heterocycles. The minimum atomic E-state index is -0.767. The van der Waals surface area contributed by atoms with Gasteiger partial charge < -0.3 is 29.4 Å². The van der Waals surface area contributed by atoms with Crippen molar-refractivity contribution in [3.63, 3.8) is 0 Å². The second kappa shape index (κ2) is 7.11. The third-order valence-electron chi connectivity index (χ3n) is 7.44. The SMILES string of the molecule is O=C(NCCc1c[nH]c2ccccc12)[C@@H]1[C@@H]2C=C[C@]3(CN(c4ccc5c(c4)OCO5)C(=O)[C@@H]13)O2. The molecule has 3 aromatic rings. The summed E-state index contributed by atoms with van der Waals surface area (Å²) >= 11 is 0. The third kappa shape index (κ3) is 2.75. The topological polar surface area (TPSA) is 92.9 Å². The molecule has 1 spiro atoms. The molecule has 172 valence electrons. The molecule has 2 fully saturated rings. The van der Waals surface area contributed by atoms with Crippen LogP contribution in [0, 0.1) is 11.8 Å². The zero-order chi connectivity index (χ0) is 22.9. The smallest absolute Gasteiger partial charge is 0.234 e. The summed E-state index contributed by atoms with van der Waals surface area (Å²) in [6.45, 7) is 1.04. The number of carbonyl (C=O) groups excluding carboxylic acids is 2. The van der Waals surface area contributed by atoms with Crippen LogP contribution < -0.4 is 19.7 Å². The minimum Gasteiger partial charge on any atom is -0.454 e. The van der Waals surface area contributed by atoms with Gasteiger partial charge in [0.25, 0.3) is 0 Å². The number of H-pyrrole nitrogens is 1. The predicted molar refractivity (Wildman–Crippen MR) is 124 cm³/mol. The van der Waals surface area contributed by atoms with Crippen LogP contribution in [0.4, 0.5) is 5.69 Å². The van der Waals surface area contributed by atoms with Gasteiger partial charge >= 0.3 is 0 Å². The number of anilines is 1. The molecule has 2 bridgehead atoms. The molecule has 8 nitrogen and oxygen atoms in total. The molecule has 0 unspecified atom stereocenters. The largest absolute Gasteiger partial charge is 0.454 e. The summed E-state index contributed by atoms with van der Waals surface area (Å²) in [6, 6.07) is 13.6. The van der Waals surface area contributed by atoms with Crippen molar-refractivity contribution in [2.75, 3.05) is 24.8 Å². The number of nitrogens with one attached hydrogen (secondary N) is 2. The molecule has 4 aliphatic heterocycles. The molecule has 7 rings (SSSR count). The van der Waals surface area contributed by atoms with Gasteiger partial charge in [-0.15, -0.1) is 0 Å². The van der Waals surface area contributed by atoms with Gasteiger partial charge in [-0.25, -0.2) is 0 Å². The van der Waals surface area contributed by atoms with Crippen LogP contribution in [0.3, 0.4) is 0 Å². The lowest BCUT2D eigenvalue weighted by Crippen LogP contribution is -2.44. The maximum absolute atomic E-state index is 13.5. The van der Waals surface area contributed by atoms with Crippen molar-refractivity contribution < 1.29 is 23.8 Å². The molecule has 2 amide bonds. The number of carbonyl (C=O) groups is 2. The molecule has 0 radical (unpaired) electrons. The summed E-state index contributed by atoms with van der Waals surface area (Å²) in [5, 5.41) is 4.22. The third-order valence-corrected chi connectivity index (χ3v) is 7.44. The Labute approximate surface area is 195 Å². The highest BCUT2D eigenvalue weighted by molar-refractivity contribution is 6.03. The van der Waals surface area contributed by atoms with Gasteiger partial charge in [-0.3, -0.25) is 9.59 Å². The Balaban J connectivity index is 1.08. The van der Waals surface area contributed by atoms with Crippen molar-refractivity contribution in [2.45, 2.75) is 18.1 Å². The second-order valence-corrected chi connectivity index (χ2v) is 9.26. The van der Waals surface area contributed by atoms with Crippen molar-refractivity contribution in [3.05, 3.63) is 66.4 Å². The molecule has 5 heterocycles. The molecule has 8 heteroatoms. The fourth-order valence-electron chi connectivity index (χ4n) is 5.85. The number of aromatic nitrogens is 1. The van der Waals surface area contributed by atoms with Crippen LogP contribution in [-0.4, -0.2) is 48.4 Å². The van der Waals surface area contributed by atoms with Crippen LogP contribution in [0.2, 0.25) is 0 Å². The van der Waals surface area contributed by atoms with Gasteiger partial charge in [-0.1, -0.05) is 30.4 Å². The number of amides is 2. The fourth-order valence-corrected chi connectivity index (χ4v) is 5.85. The van der Waals surface area contributed by atoms with Gasteiger partial charge in [0.15, 0.2) is 11.5 Å². The predicted octanol–water partition coefficient (Wildman–Crippen LogP) is 2.54. The number of benzene rings is 2. The average Bonchev–Trinajstić information content (AvgIpc) is 3.66. The van der Waals surface area contributed by atoms with Crippen LogP contribution in [0.25, 0.3) is 10.9 Å². The van der Waals surface area contributed by atoms with E-state index in [9.17, 15) is 9.59 Å². The number of hydrogen-bond donors (Lipinski definition) is 2. The summed E-state index contributed by atoms with van der Waals surface area (Å²) in [7, 11) is 0. The summed E-state index contributed by atoms with van der Waals surface area (Å²) in [6.07, 6.45) is 6.20. The molecule has 4 aliphatic rings. The van der Waals surface area contributed by atoms with E-state index in [1.165, 1.54) is 0 Å². The minimum absolute atomic E-state index is 0.0949. The lowest BCUT2D eigenvalue weighted by molar-refractivity contribution is -0.131. The van der Waals surface area contributed by atoms with Crippen molar-refractivity contribution in [2.24, 2.45) is 11.8 Å². The van der Waals surface area contributed by atoms with Crippen LogP contribution in [-0.2, 0) is 20.7 Å². The first kappa shape index (κ1) is 19.7. The highest BCUT2D eigenvalue weighted by Gasteiger charge is 2.67. The maximum Gasteiger partial charge on any atom is 0.234 e. The van der Waals surface area contributed by atoms with E-state index in [1.807, 2.05) is 48.7 Å². The van der Waals surface area contributed by atoms with Crippen LogP contribution in [0.1, 0.15) is 5.56 Å². The van der Waals surface area contributed by atoms with E-state index in [-0.39, 0.29) is 24.7 Å². The zero-order valence-corrected chi connectivity index (χ0v) is 18.3. The van der Waals surface area contributed by atoms with Crippen molar-refractivity contribution in [3.8, 4) is 11.5 Å². The summed E-state index contributed by atoms with van der Waals surface area (Å²) < 4.78 is 17.1. The first-order valence-corrected chi connectivity index (χ1v) is 11.5. The Bertz CT molecular complexity index is 1360. The normalized spacial score (nSPS) is 28.2. The Hall–Kier alpha value is -3.78. The summed E-state index contributed by atoms with van der Waals surface area (Å²) in [5.41, 5.74) is 2.19. The molecule has 4 atom stereocenters. The van der Waals surface area contributed by atoms with E-state index < -0.39 is 17.4 Å². The van der Waals surface area contributed by atoms with Gasteiger partial charge in [0.2, 0.25) is 18.6 Å². The van der Waals surface area contributed by atoms with Gasteiger partial charge in [0, 0.05) is 35.4 Å². The Kier molecular flexibility index (Phi) is 4.11. The Morgan fingerprint density at radius 2 is 2.06 bits per heavy atom. The second-order valence-electron chi connectivity index (χ2n) is 9.26. The number of aromatic amines is 1. The molecular weight excluding hydrogens is 434 g/mol. The standard InChI is InChI=1S/C26H23N3O5/c30-24(27-10-8-15-12-28-18-4-2-1-3-17(15)18)22-20-7-9-26(34-20)13-29(25(31)23(22)26)16-5-6-19-21(11-16)33-14-32-19/h1-7,9,11-12,20,22-23,28H,8,10,13-14H2,(H,27,30)/t20-,22+,23+,26+/m0/s1. The van der Waals surface area contributed by atoms with Crippen LogP contribution in [0.5, 0.6) is 11.5 Å². The molecule has 0 saturated carbocycles. The molecule has 1 aromatic heterocycles. The lowest BCUT2D eigenvalue weighted by atomic mass is 9.77. The first-order chi connectivity index (χ1) is 16.6. The number of hydrogen-bond acceptors (Lipinski definition) is 5. The van der Waals surface area contributed by atoms with Gasteiger partial charge in [-0.2, -0.15) is 0 Å². The van der Waals surface area contributed by atoms with E-state index in [4.69, 9.17) is 14.2 Å². The van der Waals surface area contributed by atoms with Crippen LogP contribution >= 0.6 is 0 Å². The van der Waals surface area contributed by atoms with E-state index in [1.54, 1.807) is 11.0 Å². The Morgan fingerprint density at radius 1 is 1.18 bits per heavy atom. The summed E-state index contributed by atoms with van der Waals surface area (Å²) in [5.74, 6) is -0.0320. The number of rotatable bonds is 5. The van der Waals surface area contributed by atoms with E-state index in [0.717, 1.165) is 22.2 Å². The Morgan fingerprint density at radius 3 is 3.00 bits per heavy atom. The highest BCUT2D eigenvalue weighted by atomic mass is 16.7. The molecule has 2 aromatic carbocycles. The highest BCUT2D eigenvalue weighted by Crippen LogP contribution is 2.53. The number of ether oxygens (including phenoxy) is 3. The van der Waals surface area contributed by atoms with Crippen molar-refractivity contribution >= 4 is 28.4 Å². The number of fused-ring (bicyclic) bond motifs is 3. The number of nitrogens with zero attached hydrogens (tertiary/aromatic N) is 1. The van der Waals surface area contributed by atoms with Gasteiger partial charge in [-0.05, 0) is 30.2 Å². The maximum atomic E-state index is 13.5. The monoisotopic (exact) mass is 457 g/mol. The lowest BCUT2D eigenvalue weighted by Gasteiger charge is -2.23. The first-order valence-electron chi connectivity index (χ1n) is 11.5. The van der Waals surface area contributed by atoms with Crippen LogP contribution in [0.15, 0.2) is 60.8 Å². The molecule has 0 aliphatic carbocycles. The zero-order valence-electron chi connectivity index (χ0n) is 18.3. The van der Waals surface area contributed by atoms with E-state index in [2.05, 4.69) is 16.4 Å². The van der Waals surface area contributed by atoms with Gasteiger partial charge in [0.05, 0.1) is 24.5 Å². The van der Waals surface area contributed by atoms with E-state index in [0.29, 0.717) is 31.0 Å². The van der Waals surface area contributed by atoms with Crippen molar-refractivity contribution in [1.82, 2.24) is 10.3 Å². The van der Waals surface area contributed by atoms with Crippen molar-refractivity contribution in [1.29, 1.82) is 0 Å². The molecule has 34 heavy (non-hydrogen) atoms. The molecular formula is C26H23N3O5. The number of para-hydroxylation sites is 1. The average molecular weight is 457 g/mol. The van der Waals surface area contributed by atoms with E-state index >= 15 is 0 Å². The van der Waals surface area contributed by atoms with Gasteiger partial charge in [0.1, 0.15) is 5.60 Å². The summed E-state index contributed by atoms with van der Waals surface area (Å²) in [4.78, 5) is 31.8. The molecule has 2 N–H and O–H groups in total.